The summed E-state index contributed by atoms with van der Waals surface area (Å²) in [4.78, 5) is 13.5. The van der Waals surface area contributed by atoms with Crippen LogP contribution in [0.2, 0.25) is 10.0 Å². The molecular formula is C22H25Cl3O2S. The van der Waals surface area contributed by atoms with Gasteiger partial charge in [-0.1, -0.05) is 23.2 Å². The molecule has 1 heterocycles. The summed E-state index contributed by atoms with van der Waals surface area (Å²) in [5, 5.41) is 11.8. The van der Waals surface area contributed by atoms with Crippen LogP contribution in [0, 0.1) is 11.8 Å². The number of aliphatic hydroxyl groups is 1. The molecule has 28 heavy (non-hydrogen) atoms. The van der Waals surface area contributed by atoms with Gasteiger partial charge in [0.15, 0.2) is 5.78 Å². The first-order valence-corrected chi connectivity index (χ1v) is 11.7. The first-order chi connectivity index (χ1) is 13.3. The van der Waals surface area contributed by atoms with E-state index in [4.69, 9.17) is 34.8 Å². The number of hydrogen-bond acceptors (Lipinski definition) is 3. The molecule has 1 N–H and O–H groups in total. The van der Waals surface area contributed by atoms with Crippen LogP contribution in [-0.2, 0) is 12.8 Å². The van der Waals surface area contributed by atoms with Gasteiger partial charge in [-0.05, 0) is 93.2 Å². The zero-order valence-electron chi connectivity index (χ0n) is 15.8. The lowest BCUT2D eigenvalue weighted by atomic mass is 9.85. The average Bonchev–Trinajstić information content (AvgIpc) is 3.18. The lowest BCUT2D eigenvalue weighted by Gasteiger charge is -2.23. The van der Waals surface area contributed by atoms with Crippen molar-refractivity contribution in [3.8, 4) is 0 Å². The van der Waals surface area contributed by atoms with Crippen LogP contribution in [0.15, 0.2) is 30.3 Å². The zero-order chi connectivity index (χ0) is 20.3. The third-order valence-electron chi connectivity index (χ3n) is 5.63. The number of halogens is 3. The highest BCUT2D eigenvalue weighted by Gasteiger charge is 2.40. The average molecular weight is 460 g/mol. The van der Waals surface area contributed by atoms with Gasteiger partial charge in [0.2, 0.25) is 0 Å². The molecule has 3 rings (SSSR count). The van der Waals surface area contributed by atoms with Gasteiger partial charge in [-0.2, -0.15) is 0 Å². The molecule has 0 unspecified atom stereocenters. The van der Waals surface area contributed by atoms with E-state index in [1.807, 2.05) is 24.3 Å². The molecule has 1 aromatic carbocycles. The van der Waals surface area contributed by atoms with E-state index in [1.54, 1.807) is 24.3 Å². The summed E-state index contributed by atoms with van der Waals surface area (Å²) in [5.41, 5.74) is 1.09. The molecule has 2 nitrogen and oxygen atoms in total. The van der Waals surface area contributed by atoms with Crippen LogP contribution in [0.4, 0.5) is 0 Å². The SMILES string of the molecule is CC(=O)c1ccc(CCC[C@@H]2[C@@H](CCc3cc(Cl)cc(Cl)c3)[C@H](O)C[C@H]2Cl)s1. The highest BCUT2D eigenvalue weighted by Crippen LogP contribution is 2.42. The summed E-state index contributed by atoms with van der Waals surface area (Å²) in [6.45, 7) is 1.60. The van der Waals surface area contributed by atoms with Gasteiger partial charge in [0, 0.05) is 20.3 Å². The van der Waals surface area contributed by atoms with Crippen LogP contribution in [0.3, 0.4) is 0 Å². The quantitative estimate of drug-likeness (QED) is 0.347. The third-order valence-corrected chi connectivity index (χ3v) is 7.82. The van der Waals surface area contributed by atoms with E-state index in [0.717, 1.165) is 42.5 Å². The molecule has 6 heteroatoms. The largest absolute Gasteiger partial charge is 0.393 e. The lowest BCUT2D eigenvalue weighted by Crippen LogP contribution is -2.21. The number of carbonyl (C=O) groups excluding carboxylic acids is 1. The number of alkyl halides is 1. The summed E-state index contributed by atoms with van der Waals surface area (Å²) in [6, 6.07) is 9.56. The minimum atomic E-state index is -0.354. The third kappa shape index (κ3) is 5.73. The van der Waals surface area contributed by atoms with Gasteiger partial charge < -0.3 is 5.11 Å². The van der Waals surface area contributed by atoms with Gasteiger partial charge in [-0.3, -0.25) is 4.79 Å². The van der Waals surface area contributed by atoms with Gasteiger partial charge in [0.1, 0.15) is 0 Å². The maximum atomic E-state index is 11.4. The first kappa shape index (κ1) is 22.1. The molecule has 0 amide bonds. The normalized spacial score (nSPS) is 24.6. The number of hydrogen-bond donors (Lipinski definition) is 1. The van der Waals surface area contributed by atoms with Gasteiger partial charge in [0.05, 0.1) is 11.0 Å². The second kappa shape index (κ2) is 9.95. The van der Waals surface area contributed by atoms with Crippen molar-refractivity contribution in [2.75, 3.05) is 0 Å². The standard InChI is InChI=1S/C22H25Cl3O2S/c1-13(26)22-8-6-17(28-22)3-2-4-18-19(21(27)12-20(18)25)7-5-14-9-15(23)11-16(24)10-14/h6,8-11,18-21,27H,2-5,7,12H2,1H3/t18-,19-,20-,21-/m1/s1. The van der Waals surface area contributed by atoms with Crippen molar-refractivity contribution in [2.45, 2.75) is 56.9 Å². The Kier molecular flexibility index (Phi) is 7.86. The minimum Gasteiger partial charge on any atom is -0.393 e. The molecule has 0 saturated heterocycles. The Balaban J connectivity index is 1.56. The van der Waals surface area contributed by atoms with Crippen LogP contribution >= 0.6 is 46.1 Å². The predicted octanol–water partition coefficient (Wildman–Crippen LogP) is 6.82. The molecule has 0 spiro atoms. The van der Waals surface area contributed by atoms with Crippen LogP contribution in [0.25, 0.3) is 0 Å². The number of aliphatic hydroxyl groups excluding tert-OH is 1. The zero-order valence-corrected chi connectivity index (χ0v) is 18.9. The first-order valence-electron chi connectivity index (χ1n) is 9.70. The minimum absolute atomic E-state index is 0.0130. The number of benzene rings is 1. The molecule has 0 radical (unpaired) electrons. The Bertz CT molecular complexity index is 800. The number of Topliss-reactive ketones (excluding diaryl/α,β-unsaturated/α-hetero) is 1. The van der Waals surface area contributed by atoms with Crippen molar-refractivity contribution >= 4 is 51.9 Å². The smallest absolute Gasteiger partial charge is 0.169 e. The Morgan fingerprint density at radius 2 is 1.82 bits per heavy atom. The van der Waals surface area contributed by atoms with Gasteiger partial charge in [-0.25, -0.2) is 0 Å². The number of ketones is 1. The van der Waals surface area contributed by atoms with Crippen molar-refractivity contribution in [3.05, 3.63) is 55.7 Å². The van der Waals surface area contributed by atoms with E-state index in [1.165, 1.54) is 4.88 Å². The van der Waals surface area contributed by atoms with E-state index < -0.39 is 0 Å². The number of rotatable bonds is 8. The van der Waals surface area contributed by atoms with E-state index in [0.29, 0.717) is 22.4 Å². The Morgan fingerprint density at radius 3 is 2.46 bits per heavy atom. The predicted molar refractivity (Wildman–Crippen MR) is 119 cm³/mol. The molecule has 4 atom stereocenters. The van der Waals surface area contributed by atoms with Crippen LogP contribution in [-0.4, -0.2) is 22.4 Å². The summed E-state index contributed by atoms with van der Waals surface area (Å²) in [6.07, 6.45) is 4.95. The molecule has 2 aromatic rings. The summed E-state index contributed by atoms with van der Waals surface area (Å²) < 4.78 is 0. The van der Waals surface area contributed by atoms with Crippen molar-refractivity contribution < 1.29 is 9.90 Å². The summed E-state index contributed by atoms with van der Waals surface area (Å²) >= 11 is 20.4. The van der Waals surface area contributed by atoms with E-state index in [-0.39, 0.29) is 23.2 Å². The Morgan fingerprint density at radius 1 is 1.11 bits per heavy atom. The van der Waals surface area contributed by atoms with Gasteiger partial charge >= 0.3 is 0 Å². The highest BCUT2D eigenvalue weighted by molar-refractivity contribution is 7.14. The lowest BCUT2D eigenvalue weighted by molar-refractivity contribution is 0.102. The molecule has 1 aliphatic carbocycles. The molecule has 1 aromatic heterocycles. The summed E-state index contributed by atoms with van der Waals surface area (Å²) in [5.74, 6) is 0.618. The maximum Gasteiger partial charge on any atom is 0.169 e. The summed E-state index contributed by atoms with van der Waals surface area (Å²) in [7, 11) is 0. The van der Waals surface area contributed by atoms with Crippen LogP contribution in [0.1, 0.15) is 52.7 Å². The van der Waals surface area contributed by atoms with Gasteiger partial charge in [0.25, 0.3) is 0 Å². The molecular weight excluding hydrogens is 435 g/mol. The maximum absolute atomic E-state index is 11.4. The molecule has 1 aliphatic rings. The second-order valence-corrected chi connectivity index (χ2v) is 10.3. The monoisotopic (exact) mass is 458 g/mol. The Labute approximate surface area is 185 Å². The van der Waals surface area contributed by atoms with Crippen molar-refractivity contribution in [3.63, 3.8) is 0 Å². The molecule has 1 saturated carbocycles. The van der Waals surface area contributed by atoms with E-state index in [9.17, 15) is 9.90 Å². The fourth-order valence-electron chi connectivity index (χ4n) is 4.24. The van der Waals surface area contributed by atoms with Crippen LogP contribution < -0.4 is 0 Å². The number of thiophene rings is 1. The van der Waals surface area contributed by atoms with Gasteiger partial charge in [-0.15, -0.1) is 22.9 Å². The fraction of sp³-hybridized carbons (Fsp3) is 0.500. The topological polar surface area (TPSA) is 37.3 Å². The fourth-order valence-corrected chi connectivity index (χ4v) is 6.25. The molecule has 0 aliphatic heterocycles. The second-order valence-electron chi connectivity index (χ2n) is 7.68. The molecule has 0 bridgehead atoms. The molecule has 152 valence electrons. The highest BCUT2D eigenvalue weighted by atomic mass is 35.5. The Hall–Kier alpha value is -0.580. The van der Waals surface area contributed by atoms with E-state index >= 15 is 0 Å². The molecule has 1 fully saturated rings. The van der Waals surface area contributed by atoms with Crippen molar-refractivity contribution in [1.29, 1.82) is 0 Å². The van der Waals surface area contributed by atoms with E-state index in [2.05, 4.69) is 0 Å². The van der Waals surface area contributed by atoms with Crippen molar-refractivity contribution in [1.82, 2.24) is 0 Å². The van der Waals surface area contributed by atoms with Crippen molar-refractivity contribution in [2.24, 2.45) is 11.8 Å². The van der Waals surface area contributed by atoms with Crippen LogP contribution in [0.5, 0.6) is 0 Å². The number of aryl methyl sites for hydroxylation is 2. The number of carbonyl (C=O) groups is 1.